The molecule has 1 amide bonds. The van der Waals surface area contributed by atoms with Gasteiger partial charge in [-0.05, 0) is 42.3 Å². The maximum Gasteiger partial charge on any atom is 0.261 e. The second-order valence-electron chi connectivity index (χ2n) is 6.69. The van der Waals surface area contributed by atoms with E-state index in [0.717, 1.165) is 11.5 Å². The van der Waals surface area contributed by atoms with Crippen LogP contribution in [-0.4, -0.2) is 26.6 Å². The average Bonchev–Trinajstić information content (AvgIpc) is 2.76. The van der Waals surface area contributed by atoms with Gasteiger partial charge in [0.05, 0.1) is 10.6 Å². The Morgan fingerprint density at radius 3 is 2.27 bits per heavy atom. The molecule has 0 aliphatic rings. The molecule has 3 rings (SSSR count). The Labute approximate surface area is 182 Å². The molecule has 0 saturated carbocycles. The summed E-state index contributed by atoms with van der Waals surface area (Å²) in [6.07, 6.45) is 0. The molecule has 0 atom stereocenters. The van der Waals surface area contributed by atoms with Crippen LogP contribution in [0.1, 0.15) is 21.5 Å². The largest absolute Gasteiger partial charge is 0.351 e. The van der Waals surface area contributed by atoms with Gasteiger partial charge in [-0.15, -0.1) is 0 Å². The first-order valence-corrected chi connectivity index (χ1v) is 12.2. The van der Waals surface area contributed by atoms with E-state index in [1.165, 1.54) is 17.7 Å². The highest BCUT2D eigenvalue weighted by atomic mass is 32.2. The number of hydrogen-bond acceptors (Lipinski definition) is 4. The van der Waals surface area contributed by atoms with Crippen molar-refractivity contribution in [3.8, 4) is 0 Å². The maximum absolute atomic E-state index is 12.6. The lowest BCUT2D eigenvalue weighted by molar-refractivity contribution is 0.0955. The van der Waals surface area contributed by atoms with Crippen LogP contribution < -0.4 is 10.0 Å². The van der Waals surface area contributed by atoms with Crippen LogP contribution in [-0.2, 0) is 15.8 Å². The summed E-state index contributed by atoms with van der Waals surface area (Å²) in [5.41, 5.74) is 2.69. The molecule has 0 heterocycles. The van der Waals surface area contributed by atoms with E-state index in [9.17, 15) is 13.2 Å². The monoisotopic (exact) mass is 440 g/mol. The van der Waals surface area contributed by atoms with Crippen LogP contribution >= 0.6 is 11.8 Å². The fraction of sp³-hybridized carbons (Fsp3) is 0.174. The lowest BCUT2D eigenvalue weighted by atomic mass is 10.1. The molecule has 3 aromatic rings. The van der Waals surface area contributed by atoms with E-state index in [4.69, 9.17) is 0 Å². The van der Waals surface area contributed by atoms with Gasteiger partial charge in [-0.3, -0.25) is 9.52 Å². The molecule has 0 fully saturated rings. The molecule has 0 saturated heterocycles. The topological polar surface area (TPSA) is 75.3 Å². The van der Waals surface area contributed by atoms with E-state index >= 15 is 0 Å². The standard InChI is InChI=1S/C23H24N2O3S2/c1-18-21(23(26)24-15-16-29-17-19-9-4-2-5-10-19)13-8-14-22(18)25-30(27,28)20-11-6-3-7-12-20/h2-14,25H,15-17H2,1H3,(H,24,26). The van der Waals surface area contributed by atoms with E-state index in [2.05, 4.69) is 22.2 Å². The van der Waals surface area contributed by atoms with Crippen LogP contribution in [0.2, 0.25) is 0 Å². The predicted molar refractivity (Wildman–Crippen MR) is 123 cm³/mol. The Morgan fingerprint density at radius 2 is 1.57 bits per heavy atom. The highest BCUT2D eigenvalue weighted by Crippen LogP contribution is 2.22. The minimum Gasteiger partial charge on any atom is -0.351 e. The number of carbonyl (C=O) groups excluding carboxylic acids is 1. The Bertz CT molecular complexity index is 1090. The number of benzene rings is 3. The molecule has 156 valence electrons. The van der Waals surface area contributed by atoms with Crippen molar-refractivity contribution < 1.29 is 13.2 Å². The maximum atomic E-state index is 12.6. The Kier molecular flexibility index (Phi) is 7.54. The Morgan fingerprint density at radius 1 is 0.900 bits per heavy atom. The summed E-state index contributed by atoms with van der Waals surface area (Å²) < 4.78 is 27.7. The zero-order valence-corrected chi connectivity index (χ0v) is 18.3. The van der Waals surface area contributed by atoms with Crippen molar-refractivity contribution >= 4 is 33.4 Å². The Balaban J connectivity index is 1.58. The highest BCUT2D eigenvalue weighted by Gasteiger charge is 2.17. The zero-order valence-electron chi connectivity index (χ0n) is 16.7. The summed E-state index contributed by atoms with van der Waals surface area (Å²) in [6, 6.07) is 23.4. The van der Waals surface area contributed by atoms with Crippen LogP contribution in [0, 0.1) is 6.92 Å². The number of anilines is 1. The zero-order chi connectivity index (χ0) is 21.4. The van der Waals surface area contributed by atoms with Crippen LogP contribution in [0.4, 0.5) is 5.69 Å². The predicted octanol–water partition coefficient (Wildman–Crippen LogP) is 4.46. The summed E-state index contributed by atoms with van der Waals surface area (Å²) in [4.78, 5) is 12.8. The van der Waals surface area contributed by atoms with Crippen molar-refractivity contribution in [2.45, 2.75) is 17.6 Å². The highest BCUT2D eigenvalue weighted by molar-refractivity contribution is 7.98. The number of rotatable bonds is 9. The Hall–Kier alpha value is -2.77. The third-order valence-corrected chi connectivity index (χ3v) is 6.93. The van der Waals surface area contributed by atoms with E-state index in [-0.39, 0.29) is 10.8 Å². The summed E-state index contributed by atoms with van der Waals surface area (Å²) in [5, 5.41) is 2.91. The number of sulfonamides is 1. The molecule has 0 bridgehead atoms. The van der Waals surface area contributed by atoms with Gasteiger partial charge < -0.3 is 5.32 Å². The van der Waals surface area contributed by atoms with E-state index in [1.807, 2.05) is 18.2 Å². The summed E-state index contributed by atoms with van der Waals surface area (Å²) >= 11 is 1.75. The fourth-order valence-electron chi connectivity index (χ4n) is 2.89. The third kappa shape index (κ3) is 5.87. The lowest BCUT2D eigenvalue weighted by Gasteiger charge is -2.14. The van der Waals surface area contributed by atoms with Crippen LogP contribution in [0.3, 0.4) is 0 Å². The second kappa shape index (κ2) is 10.3. The number of thioether (sulfide) groups is 1. The van der Waals surface area contributed by atoms with Crippen LogP contribution in [0.25, 0.3) is 0 Å². The molecule has 2 N–H and O–H groups in total. The smallest absolute Gasteiger partial charge is 0.261 e. The summed E-state index contributed by atoms with van der Waals surface area (Å²) in [5.74, 6) is 1.47. The van der Waals surface area contributed by atoms with Gasteiger partial charge in [-0.2, -0.15) is 11.8 Å². The molecule has 0 aliphatic heterocycles. The van der Waals surface area contributed by atoms with E-state index in [1.54, 1.807) is 55.1 Å². The normalized spacial score (nSPS) is 11.1. The minimum absolute atomic E-state index is 0.176. The first kappa shape index (κ1) is 21.9. The first-order valence-electron chi connectivity index (χ1n) is 9.55. The molecule has 3 aromatic carbocycles. The molecule has 0 unspecified atom stereocenters. The summed E-state index contributed by atoms with van der Waals surface area (Å²) in [6.45, 7) is 2.28. The number of carbonyl (C=O) groups is 1. The molecular weight excluding hydrogens is 416 g/mol. The number of hydrogen-bond donors (Lipinski definition) is 2. The van der Waals surface area contributed by atoms with Gasteiger partial charge in [0.1, 0.15) is 0 Å². The van der Waals surface area contributed by atoms with E-state index in [0.29, 0.717) is 23.4 Å². The van der Waals surface area contributed by atoms with Crippen molar-refractivity contribution in [2.24, 2.45) is 0 Å². The molecule has 0 aliphatic carbocycles. The lowest BCUT2D eigenvalue weighted by Crippen LogP contribution is -2.27. The second-order valence-corrected chi connectivity index (χ2v) is 9.48. The van der Waals surface area contributed by atoms with Gasteiger partial charge in [-0.25, -0.2) is 8.42 Å². The molecule has 5 nitrogen and oxygen atoms in total. The van der Waals surface area contributed by atoms with Crippen molar-refractivity contribution in [3.63, 3.8) is 0 Å². The molecule has 0 spiro atoms. The molecule has 0 aromatic heterocycles. The first-order chi connectivity index (χ1) is 14.5. The van der Waals surface area contributed by atoms with Gasteiger partial charge in [0, 0.05) is 23.6 Å². The minimum atomic E-state index is -3.71. The van der Waals surface area contributed by atoms with Crippen molar-refractivity contribution in [3.05, 3.63) is 95.6 Å². The average molecular weight is 441 g/mol. The van der Waals surface area contributed by atoms with E-state index < -0.39 is 10.0 Å². The van der Waals surface area contributed by atoms with Crippen LogP contribution in [0.5, 0.6) is 0 Å². The molecule has 30 heavy (non-hydrogen) atoms. The van der Waals surface area contributed by atoms with Crippen molar-refractivity contribution in [1.82, 2.24) is 5.32 Å². The molecule has 0 radical (unpaired) electrons. The van der Waals surface area contributed by atoms with Gasteiger partial charge in [0.2, 0.25) is 0 Å². The number of amides is 1. The van der Waals surface area contributed by atoms with Gasteiger partial charge in [-0.1, -0.05) is 54.6 Å². The van der Waals surface area contributed by atoms with Gasteiger partial charge in [0.25, 0.3) is 15.9 Å². The molecular formula is C23H24N2O3S2. The van der Waals surface area contributed by atoms with Gasteiger partial charge in [0.15, 0.2) is 0 Å². The molecule has 7 heteroatoms. The SMILES string of the molecule is Cc1c(NS(=O)(=O)c2ccccc2)cccc1C(=O)NCCSCc1ccccc1. The van der Waals surface area contributed by atoms with Crippen molar-refractivity contribution in [2.75, 3.05) is 17.0 Å². The van der Waals surface area contributed by atoms with Gasteiger partial charge >= 0.3 is 0 Å². The third-order valence-electron chi connectivity index (χ3n) is 4.52. The summed E-state index contributed by atoms with van der Waals surface area (Å²) in [7, 11) is -3.71. The quantitative estimate of drug-likeness (QED) is 0.482. The fourth-order valence-corrected chi connectivity index (χ4v) is 4.85. The van der Waals surface area contributed by atoms with Crippen molar-refractivity contribution in [1.29, 1.82) is 0 Å². The van der Waals surface area contributed by atoms with Crippen LogP contribution in [0.15, 0.2) is 83.8 Å². The number of nitrogens with one attached hydrogen (secondary N) is 2.